The first-order valence-electron chi connectivity index (χ1n) is 10.2. The SMILES string of the molecule is CCCC(C)(C)C(=O)Oc1ccc(C(=O)CNC)cc1OC(=O)C(C)(C)CCC. The van der Waals surface area contributed by atoms with E-state index in [9.17, 15) is 14.4 Å². The number of Topliss-reactive ketones (excluding diaryl/α,β-unsaturated/α-hetero) is 1. The molecule has 0 bridgehead atoms. The third-order valence-corrected chi connectivity index (χ3v) is 4.86. The molecule has 0 radical (unpaired) electrons. The Labute approximate surface area is 174 Å². The summed E-state index contributed by atoms with van der Waals surface area (Å²) in [5.41, 5.74) is -0.983. The Hall–Kier alpha value is -2.21. The number of ether oxygens (including phenoxy) is 2. The first-order chi connectivity index (χ1) is 13.5. The number of likely N-dealkylation sites (N-methyl/N-ethyl adjacent to an activating group) is 1. The van der Waals surface area contributed by atoms with E-state index in [1.807, 2.05) is 41.5 Å². The minimum absolute atomic E-state index is 0.0850. The summed E-state index contributed by atoms with van der Waals surface area (Å²) in [4.78, 5) is 37.6. The summed E-state index contributed by atoms with van der Waals surface area (Å²) in [6.07, 6.45) is 2.99. The number of nitrogens with one attached hydrogen (secondary N) is 1. The lowest BCUT2D eigenvalue weighted by atomic mass is 9.88. The predicted molar refractivity (Wildman–Crippen MR) is 113 cm³/mol. The molecule has 0 amide bonds. The van der Waals surface area contributed by atoms with E-state index in [1.54, 1.807) is 13.1 Å². The van der Waals surface area contributed by atoms with Gasteiger partial charge in [0, 0.05) is 5.56 Å². The zero-order chi connectivity index (χ0) is 22.2. The highest BCUT2D eigenvalue weighted by Gasteiger charge is 2.32. The van der Waals surface area contributed by atoms with Crippen LogP contribution in [0.4, 0.5) is 0 Å². The van der Waals surface area contributed by atoms with Gasteiger partial charge in [-0.1, -0.05) is 26.7 Å². The van der Waals surface area contributed by atoms with E-state index < -0.39 is 22.8 Å². The molecule has 0 aliphatic carbocycles. The van der Waals surface area contributed by atoms with Crippen molar-refractivity contribution in [3.63, 3.8) is 0 Å². The van der Waals surface area contributed by atoms with E-state index in [0.717, 1.165) is 12.8 Å². The average Bonchev–Trinajstić information content (AvgIpc) is 2.63. The summed E-state index contributed by atoms with van der Waals surface area (Å²) in [7, 11) is 1.68. The second kappa shape index (κ2) is 10.5. The highest BCUT2D eigenvalue weighted by molar-refractivity contribution is 5.98. The molecule has 0 aliphatic heterocycles. The van der Waals surface area contributed by atoms with Crippen LogP contribution in [0.1, 0.15) is 77.6 Å². The molecular formula is C23H35NO5. The maximum atomic E-state index is 12.7. The van der Waals surface area contributed by atoms with Crippen molar-refractivity contribution >= 4 is 17.7 Å². The maximum Gasteiger partial charge on any atom is 0.317 e. The second-order valence-electron chi connectivity index (χ2n) is 8.66. The van der Waals surface area contributed by atoms with Crippen LogP contribution in [0.5, 0.6) is 11.5 Å². The predicted octanol–water partition coefficient (Wildman–Crippen LogP) is 4.55. The number of esters is 2. The van der Waals surface area contributed by atoms with Crippen molar-refractivity contribution < 1.29 is 23.9 Å². The van der Waals surface area contributed by atoms with Gasteiger partial charge in [0.15, 0.2) is 17.3 Å². The molecule has 29 heavy (non-hydrogen) atoms. The zero-order valence-corrected chi connectivity index (χ0v) is 18.8. The van der Waals surface area contributed by atoms with Gasteiger partial charge in [-0.2, -0.15) is 0 Å². The molecule has 0 aliphatic rings. The van der Waals surface area contributed by atoms with Crippen molar-refractivity contribution in [3.05, 3.63) is 23.8 Å². The Balaban J connectivity index is 3.25. The molecule has 1 N–H and O–H groups in total. The number of hydrogen-bond donors (Lipinski definition) is 1. The van der Waals surface area contributed by atoms with E-state index >= 15 is 0 Å². The largest absolute Gasteiger partial charge is 0.422 e. The number of hydrogen-bond acceptors (Lipinski definition) is 6. The van der Waals surface area contributed by atoms with Crippen molar-refractivity contribution in [2.24, 2.45) is 10.8 Å². The van der Waals surface area contributed by atoms with E-state index in [2.05, 4.69) is 5.32 Å². The van der Waals surface area contributed by atoms with E-state index in [1.165, 1.54) is 12.1 Å². The molecule has 6 nitrogen and oxygen atoms in total. The van der Waals surface area contributed by atoms with Gasteiger partial charge in [0.05, 0.1) is 17.4 Å². The number of rotatable bonds is 11. The number of benzene rings is 1. The molecule has 1 aromatic rings. The Morgan fingerprint density at radius 1 is 0.862 bits per heavy atom. The fourth-order valence-corrected chi connectivity index (χ4v) is 3.04. The summed E-state index contributed by atoms with van der Waals surface area (Å²) in [5, 5.41) is 2.81. The highest BCUT2D eigenvalue weighted by atomic mass is 16.6. The van der Waals surface area contributed by atoms with Crippen LogP contribution < -0.4 is 14.8 Å². The summed E-state index contributed by atoms with van der Waals surface area (Å²) in [6.45, 7) is 11.4. The van der Waals surface area contributed by atoms with Gasteiger partial charge in [0.1, 0.15) is 0 Å². The topological polar surface area (TPSA) is 81.7 Å². The normalized spacial score (nSPS) is 11.8. The molecule has 0 heterocycles. The van der Waals surface area contributed by atoms with Gasteiger partial charge in [-0.25, -0.2) is 0 Å². The number of ketones is 1. The molecule has 0 saturated carbocycles. The van der Waals surface area contributed by atoms with Crippen molar-refractivity contribution in [2.45, 2.75) is 67.2 Å². The molecule has 0 unspecified atom stereocenters. The molecule has 1 rings (SSSR count). The van der Waals surface area contributed by atoms with Crippen LogP contribution in [0, 0.1) is 10.8 Å². The number of carbonyl (C=O) groups is 3. The van der Waals surface area contributed by atoms with Crippen molar-refractivity contribution in [2.75, 3.05) is 13.6 Å². The lowest BCUT2D eigenvalue weighted by molar-refractivity contribution is -0.147. The van der Waals surface area contributed by atoms with Crippen LogP contribution in [-0.4, -0.2) is 31.3 Å². The Kier molecular flexibility index (Phi) is 9.02. The lowest BCUT2D eigenvalue weighted by Crippen LogP contribution is -2.31. The molecule has 0 atom stereocenters. The first kappa shape index (κ1) is 24.8. The van der Waals surface area contributed by atoms with Gasteiger partial charge in [0.25, 0.3) is 0 Å². The zero-order valence-electron chi connectivity index (χ0n) is 18.8. The van der Waals surface area contributed by atoms with Crippen LogP contribution in [0.3, 0.4) is 0 Å². The standard InChI is InChI=1S/C23H35NO5/c1-8-12-22(3,4)20(26)28-18-11-10-16(17(25)15-24-7)14-19(18)29-21(27)23(5,6)13-9-2/h10-11,14,24H,8-9,12-13,15H2,1-7H3. The van der Waals surface area contributed by atoms with Gasteiger partial charge in [-0.15, -0.1) is 0 Å². The quantitative estimate of drug-likeness (QED) is 0.330. The summed E-state index contributed by atoms with van der Waals surface area (Å²) in [6, 6.07) is 4.55. The van der Waals surface area contributed by atoms with Crippen LogP contribution in [0.25, 0.3) is 0 Å². The van der Waals surface area contributed by atoms with Crippen LogP contribution >= 0.6 is 0 Å². The third kappa shape index (κ3) is 6.96. The van der Waals surface area contributed by atoms with Crippen LogP contribution in [-0.2, 0) is 9.59 Å². The van der Waals surface area contributed by atoms with Gasteiger partial charge in [0.2, 0.25) is 0 Å². The van der Waals surface area contributed by atoms with Crippen molar-refractivity contribution in [1.29, 1.82) is 0 Å². The van der Waals surface area contributed by atoms with Crippen molar-refractivity contribution in [1.82, 2.24) is 5.32 Å². The molecule has 0 spiro atoms. The fourth-order valence-electron chi connectivity index (χ4n) is 3.04. The van der Waals surface area contributed by atoms with Crippen molar-refractivity contribution in [3.8, 4) is 11.5 Å². The minimum Gasteiger partial charge on any atom is -0.422 e. The smallest absolute Gasteiger partial charge is 0.317 e. The van der Waals surface area contributed by atoms with E-state index in [0.29, 0.717) is 18.4 Å². The lowest BCUT2D eigenvalue weighted by Gasteiger charge is -2.24. The molecule has 0 aromatic heterocycles. The monoisotopic (exact) mass is 405 g/mol. The average molecular weight is 406 g/mol. The molecular weight excluding hydrogens is 370 g/mol. The maximum absolute atomic E-state index is 12.7. The Morgan fingerprint density at radius 2 is 1.34 bits per heavy atom. The Bertz CT molecular complexity index is 737. The van der Waals surface area contributed by atoms with Gasteiger partial charge in [-0.3, -0.25) is 14.4 Å². The van der Waals surface area contributed by atoms with E-state index in [-0.39, 0.29) is 23.8 Å². The number of carbonyl (C=O) groups excluding carboxylic acids is 3. The molecule has 162 valence electrons. The molecule has 0 fully saturated rings. The van der Waals surface area contributed by atoms with Crippen LogP contribution in [0.15, 0.2) is 18.2 Å². The summed E-state index contributed by atoms with van der Waals surface area (Å²) >= 11 is 0. The van der Waals surface area contributed by atoms with E-state index in [4.69, 9.17) is 9.47 Å². The fraction of sp³-hybridized carbons (Fsp3) is 0.609. The highest BCUT2D eigenvalue weighted by Crippen LogP contribution is 2.34. The Morgan fingerprint density at radius 3 is 1.79 bits per heavy atom. The summed E-state index contributed by atoms with van der Waals surface area (Å²) in [5.74, 6) is -0.758. The molecule has 1 aromatic carbocycles. The summed E-state index contributed by atoms with van der Waals surface area (Å²) < 4.78 is 11.2. The van der Waals surface area contributed by atoms with Gasteiger partial charge in [-0.05, 0) is 65.8 Å². The van der Waals surface area contributed by atoms with Gasteiger partial charge >= 0.3 is 11.9 Å². The van der Waals surface area contributed by atoms with Crippen LogP contribution in [0.2, 0.25) is 0 Å². The third-order valence-electron chi connectivity index (χ3n) is 4.86. The van der Waals surface area contributed by atoms with Gasteiger partial charge < -0.3 is 14.8 Å². The molecule has 6 heteroatoms. The molecule has 0 saturated heterocycles. The second-order valence-corrected chi connectivity index (χ2v) is 8.66. The minimum atomic E-state index is -0.692. The first-order valence-corrected chi connectivity index (χ1v) is 10.2.